The maximum absolute atomic E-state index is 11.9. The Morgan fingerprint density at radius 1 is 1.56 bits per heavy atom. The van der Waals surface area contributed by atoms with Crippen LogP contribution in [0.2, 0.25) is 0 Å². The van der Waals surface area contributed by atoms with E-state index in [-0.39, 0.29) is 11.9 Å². The van der Waals surface area contributed by atoms with Gasteiger partial charge >= 0.3 is 0 Å². The Morgan fingerprint density at radius 3 is 2.78 bits per heavy atom. The van der Waals surface area contributed by atoms with Gasteiger partial charge in [0.2, 0.25) is 11.9 Å². The molecule has 18 heavy (non-hydrogen) atoms. The number of carbonyl (C=O) groups excluding carboxylic acids is 1. The third-order valence-electron chi connectivity index (χ3n) is 3.02. The Balaban J connectivity index is 1.95. The number of amides is 1. The number of anilines is 1. The first-order valence-electron chi connectivity index (χ1n) is 6.09. The maximum atomic E-state index is 11.9. The molecule has 0 unspecified atom stereocenters. The average molecular weight is 269 g/mol. The first-order chi connectivity index (χ1) is 8.50. The van der Waals surface area contributed by atoms with Crippen LogP contribution in [0.5, 0.6) is 0 Å². The Bertz CT molecular complexity index is 441. The first-order valence-corrected chi connectivity index (χ1v) is 7.08. The van der Waals surface area contributed by atoms with Crippen molar-refractivity contribution >= 4 is 23.6 Å². The van der Waals surface area contributed by atoms with Gasteiger partial charge in [0.1, 0.15) is 0 Å². The lowest BCUT2D eigenvalue weighted by Crippen LogP contribution is -2.30. The van der Waals surface area contributed by atoms with Crippen molar-refractivity contribution in [3.8, 4) is 0 Å². The average Bonchev–Trinajstić information content (AvgIpc) is 3.09. The predicted octanol–water partition coefficient (Wildman–Crippen LogP) is 1.15. The summed E-state index contributed by atoms with van der Waals surface area (Å²) in [6.07, 6.45) is 2.25. The van der Waals surface area contributed by atoms with Gasteiger partial charge in [-0.05, 0) is 26.7 Å². The van der Waals surface area contributed by atoms with E-state index >= 15 is 0 Å². The zero-order valence-electron chi connectivity index (χ0n) is 11.0. The fraction of sp³-hybridized carbons (Fsp3) is 0.727. The summed E-state index contributed by atoms with van der Waals surface area (Å²) in [6.45, 7) is 4.03. The quantitative estimate of drug-likeness (QED) is 0.811. The SMILES string of the molecule is CC(C)n1c(N)nnc1SCC(=O)N(C)C1CC1. The Morgan fingerprint density at radius 2 is 2.22 bits per heavy atom. The van der Waals surface area contributed by atoms with E-state index in [4.69, 9.17) is 5.73 Å². The van der Waals surface area contributed by atoms with Crippen LogP contribution < -0.4 is 5.73 Å². The van der Waals surface area contributed by atoms with Crippen LogP contribution in [0.4, 0.5) is 5.95 Å². The Kier molecular flexibility index (Phi) is 3.79. The van der Waals surface area contributed by atoms with Crippen LogP contribution in [0.25, 0.3) is 0 Å². The first kappa shape index (κ1) is 13.2. The fourth-order valence-corrected chi connectivity index (χ4v) is 2.76. The second-order valence-corrected chi connectivity index (χ2v) is 5.77. The van der Waals surface area contributed by atoms with Crippen molar-refractivity contribution in [2.24, 2.45) is 0 Å². The van der Waals surface area contributed by atoms with Crippen molar-refractivity contribution in [3.63, 3.8) is 0 Å². The Hall–Kier alpha value is -1.24. The summed E-state index contributed by atoms with van der Waals surface area (Å²) >= 11 is 1.40. The molecule has 2 N–H and O–H groups in total. The van der Waals surface area contributed by atoms with Gasteiger partial charge in [-0.1, -0.05) is 11.8 Å². The van der Waals surface area contributed by atoms with E-state index < -0.39 is 0 Å². The van der Waals surface area contributed by atoms with E-state index in [0.29, 0.717) is 22.9 Å². The number of thioether (sulfide) groups is 1. The van der Waals surface area contributed by atoms with Gasteiger partial charge < -0.3 is 10.6 Å². The van der Waals surface area contributed by atoms with Crippen molar-refractivity contribution in [3.05, 3.63) is 0 Å². The molecule has 1 amide bonds. The summed E-state index contributed by atoms with van der Waals surface area (Å²) in [7, 11) is 1.86. The molecular weight excluding hydrogens is 250 g/mol. The molecule has 1 saturated carbocycles. The molecule has 0 radical (unpaired) electrons. The van der Waals surface area contributed by atoms with Gasteiger partial charge in [0.25, 0.3) is 0 Å². The van der Waals surface area contributed by atoms with Crippen LogP contribution in [0.15, 0.2) is 5.16 Å². The summed E-state index contributed by atoms with van der Waals surface area (Å²) in [5, 5.41) is 8.57. The number of aromatic nitrogens is 3. The number of nitrogens with zero attached hydrogens (tertiary/aromatic N) is 4. The maximum Gasteiger partial charge on any atom is 0.233 e. The Labute approximate surface area is 111 Å². The molecule has 2 rings (SSSR count). The standard InChI is InChI=1S/C11H19N5OS/c1-7(2)16-10(12)13-14-11(16)18-6-9(17)15(3)8-4-5-8/h7-8H,4-6H2,1-3H3,(H2,12,13). The molecule has 1 aliphatic carbocycles. The van der Waals surface area contributed by atoms with E-state index in [9.17, 15) is 4.79 Å². The minimum atomic E-state index is 0.138. The number of hydrogen-bond acceptors (Lipinski definition) is 5. The normalized spacial score (nSPS) is 15.1. The summed E-state index contributed by atoms with van der Waals surface area (Å²) in [6, 6.07) is 0.643. The van der Waals surface area contributed by atoms with Crippen LogP contribution in [0.3, 0.4) is 0 Å². The molecular formula is C11H19N5OS. The van der Waals surface area contributed by atoms with Crippen molar-refractivity contribution in [2.45, 2.75) is 43.9 Å². The van der Waals surface area contributed by atoms with Crippen LogP contribution in [-0.4, -0.2) is 44.4 Å². The van der Waals surface area contributed by atoms with Crippen molar-refractivity contribution in [1.82, 2.24) is 19.7 Å². The molecule has 0 aromatic carbocycles. The summed E-state index contributed by atoms with van der Waals surface area (Å²) < 4.78 is 1.84. The van der Waals surface area contributed by atoms with E-state index in [0.717, 1.165) is 12.8 Å². The topological polar surface area (TPSA) is 77.0 Å². The molecule has 0 saturated heterocycles. The van der Waals surface area contributed by atoms with E-state index in [1.54, 1.807) is 0 Å². The predicted molar refractivity (Wildman–Crippen MR) is 71.3 cm³/mol. The van der Waals surface area contributed by atoms with Crippen molar-refractivity contribution in [2.75, 3.05) is 18.5 Å². The minimum absolute atomic E-state index is 0.138. The van der Waals surface area contributed by atoms with Crippen LogP contribution >= 0.6 is 11.8 Å². The fourth-order valence-electron chi connectivity index (χ4n) is 1.77. The minimum Gasteiger partial charge on any atom is -0.368 e. The molecule has 1 aromatic rings. The molecule has 1 aliphatic rings. The third-order valence-corrected chi connectivity index (χ3v) is 3.95. The molecule has 6 nitrogen and oxygen atoms in total. The van der Waals surface area contributed by atoms with E-state index in [1.165, 1.54) is 11.8 Å². The molecule has 7 heteroatoms. The second kappa shape index (κ2) is 5.17. The van der Waals surface area contributed by atoms with Gasteiger partial charge in [0.05, 0.1) is 5.75 Å². The number of hydrogen-bond donors (Lipinski definition) is 1. The third kappa shape index (κ3) is 2.77. The van der Waals surface area contributed by atoms with Crippen molar-refractivity contribution in [1.29, 1.82) is 0 Å². The van der Waals surface area contributed by atoms with Gasteiger partial charge in [-0.3, -0.25) is 9.36 Å². The largest absolute Gasteiger partial charge is 0.368 e. The van der Waals surface area contributed by atoms with Gasteiger partial charge in [-0.15, -0.1) is 10.2 Å². The highest BCUT2D eigenvalue weighted by molar-refractivity contribution is 7.99. The van der Waals surface area contributed by atoms with E-state index in [1.807, 2.05) is 30.4 Å². The molecule has 1 aromatic heterocycles. The lowest BCUT2D eigenvalue weighted by molar-refractivity contribution is -0.127. The summed E-state index contributed by atoms with van der Waals surface area (Å²) in [5.41, 5.74) is 5.75. The van der Waals surface area contributed by atoms with Crippen LogP contribution in [0.1, 0.15) is 32.7 Å². The lowest BCUT2D eigenvalue weighted by Gasteiger charge is -2.16. The zero-order chi connectivity index (χ0) is 13.3. The molecule has 0 aliphatic heterocycles. The molecule has 0 bridgehead atoms. The molecule has 100 valence electrons. The molecule has 0 atom stereocenters. The molecule has 1 fully saturated rings. The van der Waals surface area contributed by atoms with Gasteiger partial charge in [0.15, 0.2) is 5.16 Å². The zero-order valence-corrected chi connectivity index (χ0v) is 11.8. The monoisotopic (exact) mass is 269 g/mol. The summed E-state index contributed by atoms with van der Waals surface area (Å²) in [5.74, 6) is 0.924. The van der Waals surface area contributed by atoms with Crippen LogP contribution in [-0.2, 0) is 4.79 Å². The van der Waals surface area contributed by atoms with Crippen molar-refractivity contribution < 1.29 is 4.79 Å². The van der Waals surface area contributed by atoms with E-state index in [2.05, 4.69) is 10.2 Å². The van der Waals surface area contributed by atoms with Gasteiger partial charge in [-0.25, -0.2) is 0 Å². The summed E-state index contributed by atoms with van der Waals surface area (Å²) in [4.78, 5) is 13.7. The highest BCUT2D eigenvalue weighted by Gasteiger charge is 2.29. The van der Waals surface area contributed by atoms with Crippen LogP contribution in [0, 0.1) is 0 Å². The van der Waals surface area contributed by atoms with Gasteiger partial charge in [0, 0.05) is 19.1 Å². The van der Waals surface area contributed by atoms with Gasteiger partial charge in [-0.2, -0.15) is 0 Å². The molecule has 0 spiro atoms. The number of rotatable bonds is 5. The highest BCUT2D eigenvalue weighted by atomic mass is 32.2. The number of carbonyl (C=O) groups is 1. The second-order valence-electron chi connectivity index (χ2n) is 4.83. The number of nitrogens with two attached hydrogens (primary N) is 1. The molecule has 1 heterocycles. The lowest BCUT2D eigenvalue weighted by atomic mass is 10.4. The smallest absolute Gasteiger partial charge is 0.233 e. The highest BCUT2D eigenvalue weighted by Crippen LogP contribution is 2.27. The number of nitrogen functional groups attached to an aromatic ring is 1.